The smallest absolute Gasteiger partial charge is 0.309 e. The fourth-order valence-electron chi connectivity index (χ4n) is 8.28. The first kappa shape index (κ1) is 41.7. The quantitative estimate of drug-likeness (QED) is 0.102. The van der Waals surface area contributed by atoms with Gasteiger partial charge in [0.05, 0.1) is 39.3 Å². The number of hydrogen-bond acceptors (Lipinski definition) is 8. The van der Waals surface area contributed by atoms with Gasteiger partial charge in [0.2, 0.25) is 0 Å². The fourth-order valence-corrected chi connectivity index (χ4v) is 8.28. The molecule has 4 aromatic heterocycles. The Morgan fingerprint density at radius 2 is 1.04 bits per heavy atom. The van der Waals surface area contributed by atoms with E-state index in [1.165, 1.54) is 14.2 Å². The molecule has 4 unspecified atom stereocenters. The van der Waals surface area contributed by atoms with Crippen molar-refractivity contribution in [1.29, 1.82) is 0 Å². The third-order valence-electron chi connectivity index (χ3n) is 11.6. The molecule has 57 heavy (non-hydrogen) atoms. The molecule has 3 aliphatic rings. The van der Waals surface area contributed by atoms with Crippen LogP contribution >= 0.6 is 0 Å². The van der Waals surface area contributed by atoms with Gasteiger partial charge in [-0.3, -0.25) is 19.2 Å². The number of ether oxygens (including phenoxy) is 4. The summed E-state index contributed by atoms with van der Waals surface area (Å²) in [5.41, 5.74) is 10.2. The average molecular weight is 826 g/mol. The number of esters is 4. The zero-order chi connectivity index (χ0) is 40.0. The Balaban J connectivity index is 0.00000549. The van der Waals surface area contributed by atoms with Gasteiger partial charge < -0.3 is 38.9 Å². The van der Waals surface area contributed by atoms with Crippen LogP contribution in [0.4, 0.5) is 0 Å². The second kappa shape index (κ2) is 16.9. The van der Waals surface area contributed by atoms with Gasteiger partial charge in [0.25, 0.3) is 0 Å². The van der Waals surface area contributed by atoms with Crippen molar-refractivity contribution in [1.82, 2.24) is 19.9 Å². The summed E-state index contributed by atoms with van der Waals surface area (Å²) in [6, 6.07) is 0. The van der Waals surface area contributed by atoms with Gasteiger partial charge >= 0.3 is 23.9 Å². The van der Waals surface area contributed by atoms with Crippen molar-refractivity contribution in [3.8, 4) is 0 Å². The van der Waals surface area contributed by atoms with Crippen LogP contribution in [-0.4, -0.2) is 51.3 Å². The van der Waals surface area contributed by atoms with Crippen LogP contribution in [0.3, 0.4) is 0 Å². The number of carbonyl (C=O) groups is 4. The molecule has 0 spiro atoms. The van der Waals surface area contributed by atoms with Crippen LogP contribution in [0, 0.1) is 39.5 Å². The molecule has 5 heterocycles. The number of aromatic nitrogens is 4. The zero-order valence-corrected chi connectivity index (χ0v) is 37.0. The number of fused-ring (bicyclic) bond motifs is 8. The average Bonchev–Trinajstić information content (AvgIpc) is 4.04. The molecule has 2 fully saturated rings. The molecule has 0 saturated heterocycles. The van der Waals surface area contributed by atoms with E-state index in [2.05, 4.69) is 0 Å². The maximum atomic E-state index is 12.9. The third-order valence-corrected chi connectivity index (χ3v) is 11.6. The summed E-state index contributed by atoms with van der Waals surface area (Å²) >= 11 is 0. The predicted molar refractivity (Wildman–Crippen MR) is 206 cm³/mol. The zero-order valence-electron chi connectivity index (χ0n) is 34.0. The van der Waals surface area contributed by atoms with Crippen LogP contribution < -0.4 is 41.3 Å². The molecule has 1 aliphatic heterocycles. The van der Waals surface area contributed by atoms with Crippen molar-refractivity contribution in [2.75, 3.05) is 27.4 Å². The standard InChI is InChI=1S/C44H48N4O8.Zn/c1-9-55-43(51)29-15-27(29)41-23(5)33-17-31-21(3)25(11-13-39(49)53-7)35(45-31)20-36-26(12-14-40(50)54-8)22(4)32(46-36)18-37-42(28-16-30(28)44(52)56-10-2)24(6)34(48-37)19-38(41)47-33;/h17-20,27-30H,9-16H2,1-8H3;/q-4;/b31-17-,32-18?,33-17?,34-19-,35-20-,36-20?,37-18-,38-19?;. The minimum atomic E-state index is -0.330. The molecule has 2 saturated carbocycles. The molecule has 0 N–H and O–H groups in total. The number of rotatable bonds is 12. The molecule has 4 atom stereocenters. The molecule has 0 amide bonds. The maximum absolute atomic E-state index is 12.9. The molecular formula is C44H48N4O8Zn-4. The van der Waals surface area contributed by atoms with Crippen LogP contribution in [0.1, 0.15) is 119 Å². The van der Waals surface area contributed by atoms with Gasteiger partial charge in [-0.05, 0) is 79.1 Å². The Morgan fingerprint density at radius 1 is 0.561 bits per heavy atom. The summed E-state index contributed by atoms with van der Waals surface area (Å²) in [7, 11) is 2.75. The Kier molecular flexibility index (Phi) is 12.4. The molecule has 4 aromatic rings. The molecule has 0 aromatic carbocycles. The first-order valence-electron chi connectivity index (χ1n) is 19.4. The van der Waals surface area contributed by atoms with E-state index < -0.39 is 0 Å². The van der Waals surface area contributed by atoms with Crippen molar-refractivity contribution in [2.24, 2.45) is 11.8 Å². The van der Waals surface area contributed by atoms with Crippen molar-refractivity contribution >= 4 is 48.2 Å². The van der Waals surface area contributed by atoms with Crippen LogP contribution in [0.25, 0.3) is 24.3 Å². The maximum Gasteiger partial charge on any atom is 0.309 e. The van der Waals surface area contributed by atoms with Gasteiger partial charge in [-0.2, -0.15) is 0 Å². The Labute approximate surface area is 344 Å². The van der Waals surface area contributed by atoms with Crippen LogP contribution in [0.15, 0.2) is 0 Å². The summed E-state index contributed by atoms with van der Waals surface area (Å²) < 4.78 is 20.8. The first-order chi connectivity index (χ1) is 26.9. The van der Waals surface area contributed by atoms with E-state index in [1.807, 2.05) is 65.8 Å². The van der Waals surface area contributed by atoms with Crippen molar-refractivity contribution in [3.63, 3.8) is 0 Å². The van der Waals surface area contributed by atoms with Crippen molar-refractivity contribution < 1.29 is 57.6 Å². The Hall–Kier alpha value is -4.90. The van der Waals surface area contributed by atoms with Gasteiger partial charge in [-0.25, -0.2) is 0 Å². The predicted octanol–water partition coefficient (Wildman–Crippen LogP) is 1.92. The molecule has 12 nitrogen and oxygen atoms in total. The van der Waals surface area contributed by atoms with Crippen LogP contribution in [-0.2, 0) is 70.4 Å². The van der Waals surface area contributed by atoms with Crippen LogP contribution in [0.2, 0.25) is 0 Å². The first-order valence-corrected chi connectivity index (χ1v) is 19.4. The van der Waals surface area contributed by atoms with E-state index in [-0.39, 0.29) is 79.9 Å². The van der Waals surface area contributed by atoms with E-state index in [1.54, 1.807) is 0 Å². The minimum absolute atomic E-state index is 0. The normalized spacial score (nSPS) is 21.2. The molecule has 8 bridgehead atoms. The molecular weight excluding hydrogens is 778 g/mol. The van der Waals surface area contributed by atoms with Crippen molar-refractivity contribution in [3.05, 3.63) is 88.7 Å². The topological polar surface area (TPSA) is 162 Å². The van der Waals surface area contributed by atoms with E-state index in [0.29, 0.717) is 66.3 Å². The minimum Gasteiger partial charge on any atom is -0.657 e. The summed E-state index contributed by atoms with van der Waals surface area (Å²) in [4.78, 5) is 71.2. The molecule has 2 aliphatic carbocycles. The fraction of sp³-hybridized carbons (Fsp3) is 0.455. The number of nitrogens with zero attached hydrogens (tertiary/aromatic N) is 4. The largest absolute Gasteiger partial charge is 0.657 e. The van der Waals surface area contributed by atoms with Gasteiger partial charge in [0.1, 0.15) is 0 Å². The van der Waals surface area contributed by atoms with Gasteiger partial charge in [0, 0.05) is 32.3 Å². The molecule has 7 rings (SSSR count). The Morgan fingerprint density at radius 3 is 1.63 bits per heavy atom. The second-order valence-corrected chi connectivity index (χ2v) is 14.9. The second-order valence-electron chi connectivity index (χ2n) is 14.9. The summed E-state index contributed by atoms with van der Waals surface area (Å²) in [6.45, 7) is 12.3. The van der Waals surface area contributed by atoms with Crippen molar-refractivity contribution in [2.45, 2.75) is 91.9 Å². The summed E-state index contributed by atoms with van der Waals surface area (Å²) in [5.74, 6) is -1.73. The molecule has 13 heteroatoms. The van der Waals surface area contributed by atoms with E-state index >= 15 is 0 Å². The van der Waals surface area contributed by atoms with Crippen LogP contribution in [0.5, 0.6) is 0 Å². The van der Waals surface area contributed by atoms with E-state index in [4.69, 9.17) is 38.9 Å². The monoisotopic (exact) mass is 824 g/mol. The molecule has 298 valence electrons. The number of methoxy groups -OCH3 is 2. The van der Waals surface area contributed by atoms with Gasteiger partial charge in [-0.15, -0.1) is 44.2 Å². The summed E-state index contributed by atoms with van der Waals surface area (Å²) in [6.07, 6.45) is 10.3. The SMILES string of the molecule is CCOC(=O)C1CC1c1c2[n-]c(c1C)/C=c1\[n-]/c(c(CCC(=O)OC)c1C)=C\c1[n-]c(c(C)c1CCC(=O)OC)/C=c1\[n-]/c(c(C)c1C1CC1C(=O)OCC)=C\2.[Zn]. The van der Waals surface area contributed by atoms with Gasteiger partial charge in [0.15, 0.2) is 0 Å². The number of carbonyl (C=O) groups excluding carboxylic acids is 4. The third kappa shape index (κ3) is 8.13. The van der Waals surface area contributed by atoms with Gasteiger partial charge in [-0.1, -0.05) is 68.8 Å². The molecule has 0 radical (unpaired) electrons. The summed E-state index contributed by atoms with van der Waals surface area (Å²) in [5, 5.41) is 2.80. The van der Waals surface area contributed by atoms with E-state index in [0.717, 1.165) is 61.2 Å². The van der Waals surface area contributed by atoms with E-state index in [9.17, 15) is 19.2 Å². The number of hydrogen-bond donors (Lipinski definition) is 0. The Bertz CT molecular complexity index is 2500.